The third-order valence-electron chi connectivity index (χ3n) is 3.13. The molecule has 1 N–H and O–H groups in total. The molecule has 0 amide bonds. The molecular formula is C16H20ClNS. The zero-order chi connectivity index (χ0) is 13.8. The van der Waals surface area contributed by atoms with Crippen molar-refractivity contribution < 1.29 is 0 Å². The molecule has 0 spiro atoms. The highest BCUT2D eigenvalue weighted by atomic mass is 35.5. The van der Waals surface area contributed by atoms with Crippen LogP contribution < -0.4 is 5.32 Å². The van der Waals surface area contributed by atoms with Gasteiger partial charge in [0.05, 0.1) is 5.02 Å². The predicted octanol–water partition coefficient (Wildman–Crippen LogP) is 4.91. The summed E-state index contributed by atoms with van der Waals surface area (Å²) in [5.74, 6) is 0. The Morgan fingerprint density at radius 1 is 1.21 bits per heavy atom. The van der Waals surface area contributed by atoms with E-state index in [9.17, 15) is 0 Å². The van der Waals surface area contributed by atoms with Crippen molar-refractivity contribution in [2.45, 2.75) is 33.2 Å². The number of hydrogen-bond acceptors (Lipinski definition) is 2. The van der Waals surface area contributed by atoms with Gasteiger partial charge in [-0.2, -0.15) is 0 Å². The Labute approximate surface area is 124 Å². The van der Waals surface area contributed by atoms with Gasteiger partial charge in [-0.15, -0.1) is 11.3 Å². The highest BCUT2D eigenvalue weighted by Crippen LogP contribution is 2.31. The van der Waals surface area contributed by atoms with E-state index in [2.05, 4.69) is 49.7 Å². The first-order chi connectivity index (χ1) is 9.10. The lowest BCUT2D eigenvalue weighted by Gasteiger charge is -2.18. The van der Waals surface area contributed by atoms with Crippen LogP contribution in [0.2, 0.25) is 5.02 Å². The fraction of sp³-hybridized carbons (Fsp3) is 0.375. The number of aryl methyl sites for hydroxylation is 2. The van der Waals surface area contributed by atoms with Gasteiger partial charge in [-0.25, -0.2) is 0 Å². The number of likely N-dealkylation sites (N-methyl/N-ethyl adjacent to an activating group) is 1. The molecule has 0 saturated heterocycles. The van der Waals surface area contributed by atoms with E-state index in [0.29, 0.717) is 6.04 Å². The average Bonchev–Trinajstić information content (AvgIpc) is 2.73. The standard InChI is InChI=1S/C16H20ClNS/c1-4-18-15(16-14(17)5-6-19-16)10-13-8-11(2)7-12(3)9-13/h5-9,15,18H,4,10H2,1-3H3. The van der Waals surface area contributed by atoms with Crippen molar-refractivity contribution in [2.24, 2.45) is 0 Å². The van der Waals surface area contributed by atoms with E-state index in [1.165, 1.54) is 21.6 Å². The van der Waals surface area contributed by atoms with Crippen molar-refractivity contribution in [3.63, 3.8) is 0 Å². The second-order valence-electron chi connectivity index (χ2n) is 4.94. The van der Waals surface area contributed by atoms with Crippen LogP contribution in [0.5, 0.6) is 0 Å². The molecule has 1 aromatic carbocycles. The maximum atomic E-state index is 6.27. The van der Waals surface area contributed by atoms with Gasteiger partial charge in [0.15, 0.2) is 0 Å². The number of rotatable bonds is 5. The lowest BCUT2D eigenvalue weighted by Crippen LogP contribution is -2.22. The number of benzene rings is 1. The zero-order valence-electron chi connectivity index (χ0n) is 11.7. The molecule has 0 aliphatic heterocycles. The van der Waals surface area contributed by atoms with Crippen molar-refractivity contribution in [2.75, 3.05) is 6.54 Å². The summed E-state index contributed by atoms with van der Waals surface area (Å²) in [6.45, 7) is 7.38. The Morgan fingerprint density at radius 2 is 1.89 bits per heavy atom. The molecule has 0 aliphatic carbocycles. The number of thiophene rings is 1. The summed E-state index contributed by atoms with van der Waals surface area (Å²) < 4.78 is 0. The van der Waals surface area contributed by atoms with Gasteiger partial charge in [0.1, 0.15) is 0 Å². The summed E-state index contributed by atoms with van der Waals surface area (Å²) in [4.78, 5) is 1.24. The third kappa shape index (κ3) is 3.82. The first kappa shape index (κ1) is 14.6. The number of halogens is 1. The summed E-state index contributed by atoms with van der Waals surface area (Å²) in [6.07, 6.45) is 0.983. The van der Waals surface area contributed by atoms with Crippen molar-refractivity contribution in [3.8, 4) is 0 Å². The van der Waals surface area contributed by atoms with E-state index in [4.69, 9.17) is 11.6 Å². The highest BCUT2D eigenvalue weighted by molar-refractivity contribution is 7.10. The van der Waals surface area contributed by atoms with Gasteiger partial charge in [-0.05, 0) is 43.8 Å². The van der Waals surface area contributed by atoms with Crippen LogP contribution in [0.25, 0.3) is 0 Å². The van der Waals surface area contributed by atoms with Gasteiger partial charge >= 0.3 is 0 Å². The molecule has 0 fully saturated rings. The van der Waals surface area contributed by atoms with Crippen molar-refractivity contribution in [1.82, 2.24) is 5.32 Å². The van der Waals surface area contributed by atoms with Gasteiger partial charge in [-0.1, -0.05) is 47.9 Å². The van der Waals surface area contributed by atoms with Gasteiger partial charge in [0, 0.05) is 10.9 Å². The van der Waals surface area contributed by atoms with Gasteiger partial charge in [0.25, 0.3) is 0 Å². The van der Waals surface area contributed by atoms with Crippen LogP contribution in [-0.2, 0) is 6.42 Å². The summed E-state index contributed by atoms with van der Waals surface area (Å²) in [7, 11) is 0. The summed E-state index contributed by atoms with van der Waals surface area (Å²) >= 11 is 8.00. The minimum absolute atomic E-state index is 0.304. The topological polar surface area (TPSA) is 12.0 Å². The zero-order valence-corrected chi connectivity index (χ0v) is 13.2. The van der Waals surface area contributed by atoms with Crippen LogP contribution in [0.1, 0.15) is 34.5 Å². The molecule has 102 valence electrons. The molecule has 1 aromatic heterocycles. The molecule has 3 heteroatoms. The SMILES string of the molecule is CCNC(Cc1cc(C)cc(C)c1)c1sccc1Cl. The monoisotopic (exact) mass is 293 g/mol. The molecule has 2 aromatic rings. The summed E-state index contributed by atoms with van der Waals surface area (Å²) in [5, 5.41) is 6.47. The van der Waals surface area contributed by atoms with E-state index in [-0.39, 0.29) is 0 Å². The summed E-state index contributed by atoms with van der Waals surface area (Å²) in [6, 6.07) is 9.02. The van der Waals surface area contributed by atoms with Crippen molar-refractivity contribution >= 4 is 22.9 Å². The van der Waals surface area contributed by atoms with Crippen molar-refractivity contribution in [3.05, 3.63) is 56.2 Å². The first-order valence-corrected chi connectivity index (χ1v) is 7.89. The van der Waals surface area contributed by atoms with E-state index in [0.717, 1.165) is 18.0 Å². The van der Waals surface area contributed by atoms with Crippen molar-refractivity contribution in [1.29, 1.82) is 0 Å². The van der Waals surface area contributed by atoms with Gasteiger partial charge in [0.2, 0.25) is 0 Å². The maximum absolute atomic E-state index is 6.27. The van der Waals surface area contributed by atoms with Crippen LogP contribution in [0.4, 0.5) is 0 Å². The average molecular weight is 294 g/mol. The highest BCUT2D eigenvalue weighted by Gasteiger charge is 2.16. The summed E-state index contributed by atoms with van der Waals surface area (Å²) in [5.41, 5.74) is 4.01. The molecule has 1 atom stereocenters. The molecule has 0 aliphatic rings. The van der Waals surface area contributed by atoms with Gasteiger partial charge in [-0.3, -0.25) is 0 Å². The fourth-order valence-corrected chi connectivity index (χ4v) is 3.75. The van der Waals surface area contributed by atoms with Crippen LogP contribution >= 0.6 is 22.9 Å². The third-order valence-corrected chi connectivity index (χ3v) is 4.61. The number of nitrogens with one attached hydrogen (secondary N) is 1. The molecule has 0 radical (unpaired) electrons. The molecule has 1 heterocycles. The van der Waals surface area contributed by atoms with Crippen LogP contribution in [0, 0.1) is 13.8 Å². The Bertz CT molecular complexity index is 527. The molecule has 1 unspecified atom stereocenters. The maximum Gasteiger partial charge on any atom is 0.0561 e. The van der Waals surface area contributed by atoms with E-state index < -0.39 is 0 Å². The van der Waals surface area contributed by atoms with Crippen LogP contribution in [-0.4, -0.2) is 6.54 Å². The first-order valence-electron chi connectivity index (χ1n) is 6.63. The van der Waals surface area contributed by atoms with Crippen LogP contribution in [0.15, 0.2) is 29.6 Å². The Morgan fingerprint density at radius 3 is 2.42 bits per heavy atom. The molecule has 19 heavy (non-hydrogen) atoms. The Kier molecular flexibility index (Phi) is 5.03. The minimum Gasteiger partial charge on any atom is -0.309 e. The Balaban J connectivity index is 2.23. The molecular weight excluding hydrogens is 274 g/mol. The predicted molar refractivity (Wildman–Crippen MR) is 85.4 cm³/mol. The fourth-order valence-electron chi connectivity index (χ4n) is 2.48. The molecule has 2 rings (SSSR count). The van der Waals surface area contributed by atoms with E-state index in [1.54, 1.807) is 11.3 Å². The van der Waals surface area contributed by atoms with Gasteiger partial charge < -0.3 is 5.32 Å². The lowest BCUT2D eigenvalue weighted by molar-refractivity contribution is 0.558. The van der Waals surface area contributed by atoms with E-state index in [1.807, 2.05) is 6.07 Å². The van der Waals surface area contributed by atoms with E-state index >= 15 is 0 Å². The second-order valence-corrected chi connectivity index (χ2v) is 6.30. The molecule has 0 bridgehead atoms. The molecule has 0 saturated carbocycles. The normalized spacial score (nSPS) is 12.6. The smallest absolute Gasteiger partial charge is 0.0561 e. The second kappa shape index (κ2) is 6.56. The lowest BCUT2D eigenvalue weighted by atomic mass is 10.0. The largest absolute Gasteiger partial charge is 0.309 e. The van der Waals surface area contributed by atoms with Crippen LogP contribution in [0.3, 0.4) is 0 Å². The number of hydrogen-bond donors (Lipinski definition) is 1. The Hall–Kier alpha value is -0.830. The minimum atomic E-state index is 0.304. The quantitative estimate of drug-likeness (QED) is 0.826. The molecule has 1 nitrogen and oxygen atoms in total.